The maximum absolute atomic E-state index is 12.1. The first-order valence-corrected chi connectivity index (χ1v) is 7.56. The number of amides is 1. The fourth-order valence-corrected chi connectivity index (χ4v) is 1.94. The van der Waals surface area contributed by atoms with E-state index in [1.807, 2.05) is 18.2 Å². The molecule has 0 saturated heterocycles. The zero-order valence-electron chi connectivity index (χ0n) is 14.3. The maximum atomic E-state index is 12.1. The predicted molar refractivity (Wildman–Crippen MR) is 90.2 cm³/mol. The van der Waals surface area contributed by atoms with E-state index in [0.29, 0.717) is 17.4 Å². The summed E-state index contributed by atoms with van der Waals surface area (Å²) in [5.74, 6) is 1.37. The molecule has 0 atom stereocenters. The molecule has 0 aliphatic carbocycles. The van der Waals surface area contributed by atoms with Crippen LogP contribution in [0.2, 0.25) is 0 Å². The predicted octanol–water partition coefficient (Wildman–Crippen LogP) is 2.92. The number of ether oxygens (including phenoxy) is 3. The van der Waals surface area contributed by atoms with Crippen molar-refractivity contribution in [2.75, 3.05) is 14.2 Å². The Bertz CT molecular complexity index is 701. The summed E-state index contributed by atoms with van der Waals surface area (Å²) in [5.41, 5.74) is -0.144. The number of carbonyl (C=O) groups is 1. The van der Waals surface area contributed by atoms with Gasteiger partial charge in [-0.3, -0.25) is 4.79 Å². The summed E-state index contributed by atoms with van der Waals surface area (Å²) in [6, 6.07) is 10.9. The highest BCUT2D eigenvalue weighted by molar-refractivity contribution is 5.84. The molecular weight excluding hydrogens is 308 g/mol. The lowest BCUT2D eigenvalue weighted by Gasteiger charge is -2.22. The first-order chi connectivity index (χ1) is 11.5. The van der Waals surface area contributed by atoms with Gasteiger partial charge in [0.1, 0.15) is 5.60 Å². The Morgan fingerprint density at radius 1 is 1.12 bits per heavy atom. The molecule has 0 aliphatic rings. The summed E-state index contributed by atoms with van der Waals surface area (Å²) in [7, 11) is 3.08. The Kier molecular flexibility index (Phi) is 5.76. The van der Waals surface area contributed by atoms with Gasteiger partial charge in [-0.05, 0) is 32.0 Å². The van der Waals surface area contributed by atoms with Crippen molar-refractivity contribution in [3.63, 3.8) is 0 Å². The molecule has 0 radical (unpaired) electrons. The molecule has 6 heteroatoms. The van der Waals surface area contributed by atoms with Crippen LogP contribution >= 0.6 is 0 Å². The quantitative estimate of drug-likeness (QED) is 0.845. The molecule has 0 spiro atoms. The standard InChI is InChI=1S/C18H22N2O4/c1-18(2,23-4)17(21)20-12-13-8-7-11-19-16(13)24-15-10-6-5-9-14(15)22-3/h5-11H,12H2,1-4H3,(H,20,21). The van der Waals surface area contributed by atoms with Crippen molar-refractivity contribution >= 4 is 5.91 Å². The number of aromatic nitrogens is 1. The smallest absolute Gasteiger partial charge is 0.251 e. The molecule has 0 bridgehead atoms. The molecule has 2 aromatic rings. The molecule has 2 rings (SSSR count). The van der Waals surface area contributed by atoms with Gasteiger partial charge in [-0.1, -0.05) is 18.2 Å². The average Bonchev–Trinajstić information content (AvgIpc) is 2.61. The minimum atomic E-state index is -0.897. The fourth-order valence-electron chi connectivity index (χ4n) is 1.94. The van der Waals surface area contributed by atoms with Crippen LogP contribution in [0.1, 0.15) is 19.4 Å². The molecule has 1 heterocycles. The van der Waals surface area contributed by atoms with E-state index in [1.54, 1.807) is 45.4 Å². The summed E-state index contributed by atoms with van der Waals surface area (Å²) in [6.07, 6.45) is 1.63. The Labute approximate surface area is 141 Å². The molecule has 6 nitrogen and oxygen atoms in total. The normalized spacial score (nSPS) is 11.0. The van der Waals surface area contributed by atoms with E-state index in [0.717, 1.165) is 5.56 Å². The Hall–Kier alpha value is -2.60. The van der Waals surface area contributed by atoms with E-state index in [9.17, 15) is 4.79 Å². The lowest BCUT2D eigenvalue weighted by molar-refractivity contribution is -0.139. The minimum Gasteiger partial charge on any atom is -0.493 e. The van der Waals surface area contributed by atoms with Crippen molar-refractivity contribution in [1.29, 1.82) is 0 Å². The Morgan fingerprint density at radius 2 is 1.83 bits per heavy atom. The fraction of sp³-hybridized carbons (Fsp3) is 0.333. The molecule has 0 saturated carbocycles. The second kappa shape index (κ2) is 7.79. The Balaban J connectivity index is 2.15. The summed E-state index contributed by atoms with van der Waals surface area (Å²) in [6.45, 7) is 3.69. The highest BCUT2D eigenvalue weighted by Gasteiger charge is 2.26. The molecule has 128 valence electrons. The second-order valence-corrected chi connectivity index (χ2v) is 5.62. The number of methoxy groups -OCH3 is 2. The van der Waals surface area contributed by atoms with Crippen molar-refractivity contribution in [3.8, 4) is 17.4 Å². The van der Waals surface area contributed by atoms with Crippen LogP contribution in [0.5, 0.6) is 17.4 Å². The van der Waals surface area contributed by atoms with Crippen LogP contribution in [0, 0.1) is 0 Å². The molecule has 1 amide bonds. The van der Waals surface area contributed by atoms with Crippen molar-refractivity contribution in [2.24, 2.45) is 0 Å². The van der Waals surface area contributed by atoms with E-state index in [2.05, 4.69) is 10.3 Å². The zero-order chi connectivity index (χ0) is 17.6. The van der Waals surface area contributed by atoms with Crippen LogP contribution in [0.4, 0.5) is 0 Å². The molecular formula is C18H22N2O4. The van der Waals surface area contributed by atoms with Crippen molar-refractivity contribution in [3.05, 3.63) is 48.2 Å². The van der Waals surface area contributed by atoms with Gasteiger partial charge in [-0.2, -0.15) is 0 Å². The molecule has 0 aliphatic heterocycles. The first-order valence-electron chi connectivity index (χ1n) is 7.56. The van der Waals surface area contributed by atoms with Crippen molar-refractivity contribution in [2.45, 2.75) is 26.0 Å². The summed E-state index contributed by atoms with van der Waals surface area (Å²) >= 11 is 0. The van der Waals surface area contributed by atoms with E-state index in [-0.39, 0.29) is 12.5 Å². The van der Waals surface area contributed by atoms with E-state index in [1.165, 1.54) is 7.11 Å². The largest absolute Gasteiger partial charge is 0.493 e. The van der Waals surface area contributed by atoms with Crippen LogP contribution < -0.4 is 14.8 Å². The monoisotopic (exact) mass is 330 g/mol. The van der Waals surface area contributed by atoms with E-state index >= 15 is 0 Å². The number of hydrogen-bond donors (Lipinski definition) is 1. The maximum Gasteiger partial charge on any atom is 0.251 e. The van der Waals surface area contributed by atoms with E-state index < -0.39 is 5.60 Å². The number of nitrogens with one attached hydrogen (secondary N) is 1. The first kappa shape index (κ1) is 17.7. The van der Waals surface area contributed by atoms with Crippen LogP contribution in [0.25, 0.3) is 0 Å². The number of nitrogens with zero attached hydrogens (tertiary/aromatic N) is 1. The minimum absolute atomic E-state index is 0.211. The summed E-state index contributed by atoms with van der Waals surface area (Å²) in [4.78, 5) is 16.4. The van der Waals surface area contributed by atoms with Gasteiger partial charge in [-0.25, -0.2) is 4.98 Å². The third kappa shape index (κ3) is 4.23. The zero-order valence-corrected chi connectivity index (χ0v) is 14.3. The van der Waals surface area contributed by atoms with Gasteiger partial charge in [0.2, 0.25) is 5.88 Å². The SMILES string of the molecule is COc1ccccc1Oc1ncccc1CNC(=O)C(C)(C)OC. The number of hydrogen-bond acceptors (Lipinski definition) is 5. The van der Waals surface area contributed by atoms with Gasteiger partial charge in [0, 0.05) is 25.4 Å². The number of pyridine rings is 1. The average molecular weight is 330 g/mol. The van der Waals surface area contributed by atoms with Crippen LogP contribution in [-0.4, -0.2) is 30.7 Å². The third-order valence-electron chi connectivity index (χ3n) is 3.62. The molecule has 1 N–H and O–H groups in total. The molecule has 1 aromatic carbocycles. The number of para-hydroxylation sites is 2. The van der Waals surface area contributed by atoms with Crippen LogP contribution in [0.15, 0.2) is 42.6 Å². The molecule has 24 heavy (non-hydrogen) atoms. The number of benzene rings is 1. The van der Waals surface area contributed by atoms with Crippen LogP contribution in [0.3, 0.4) is 0 Å². The molecule has 1 aromatic heterocycles. The third-order valence-corrected chi connectivity index (χ3v) is 3.62. The van der Waals surface area contributed by atoms with E-state index in [4.69, 9.17) is 14.2 Å². The van der Waals surface area contributed by atoms with Gasteiger partial charge in [0.05, 0.1) is 7.11 Å². The Morgan fingerprint density at radius 3 is 2.50 bits per heavy atom. The second-order valence-electron chi connectivity index (χ2n) is 5.62. The molecule has 0 fully saturated rings. The topological polar surface area (TPSA) is 69.7 Å². The highest BCUT2D eigenvalue weighted by Crippen LogP contribution is 2.31. The highest BCUT2D eigenvalue weighted by atomic mass is 16.5. The van der Waals surface area contributed by atoms with Gasteiger partial charge >= 0.3 is 0 Å². The van der Waals surface area contributed by atoms with Crippen molar-refractivity contribution < 1.29 is 19.0 Å². The lowest BCUT2D eigenvalue weighted by Crippen LogP contribution is -2.43. The van der Waals surface area contributed by atoms with Gasteiger partial charge in [0.25, 0.3) is 5.91 Å². The number of carbonyl (C=O) groups excluding carboxylic acids is 1. The summed E-state index contributed by atoms with van der Waals surface area (Å²) < 4.78 is 16.3. The van der Waals surface area contributed by atoms with Gasteiger partial charge in [0.15, 0.2) is 11.5 Å². The lowest BCUT2D eigenvalue weighted by atomic mass is 10.1. The number of rotatable bonds is 7. The van der Waals surface area contributed by atoms with Gasteiger partial charge < -0.3 is 19.5 Å². The van der Waals surface area contributed by atoms with Gasteiger partial charge in [-0.15, -0.1) is 0 Å². The van der Waals surface area contributed by atoms with Crippen molar-refractivity contribution in [1.82, 2.24) is 10.3 Å². The molecule has 0 unspecified atom stereocenters. The van der Waals surface area contributed by atoms with Crippen LogP contribution in [-0.2, 0) is 16.1 Å². The summed E-state index contributed by atoms with van der Waals surface area (Å²) in [5, 5.41) is 2.83.